The lowest BCUT2D eigenvalue weighted by atomic mass is 9.90. The van der Waals surface area contributed by atoms with Crippen molar-refractivity contribution in [3.8, 4) is 17.6 Å². The molecular formula is C23H25ClO7. The van der Waals surface area contributed by atoms with Crippen molar-refractivity contribution in [3.63, 3.8) is 0 Å². The van der Waals surface area contributed by atoms with Crippen LogP contribution >= 0.6 is 11.6 Å². The number of rotatable bonds is 6. The van der Waals surface area contributed by atoms with Gasteiger partial charge in [-0.15, -0.1) is 0 Å². The Morgan fingerprint density at radius 1 is 0.935 bits per heavy atom. The Hall–Kier alpha value is -2.15. The number of aliphatic hydroxyl groups is 5. The monoisotopic (exact) mass is 448 g/mol. The Kier molecular flexibility index (Phi) is 8.29. The zero-order valence-electron chi connectivity index (χ0n) is 16.7. The van der Waals surface area contributed by atoms with Crippen molar-refractivity contribution in [1.82, 2.24) is 0 Å². The van der Waals surface area contributed by atoms with Gasteiger partial charge in [-0.25, -0.2) is 0 Å². The minimum atomic E-state index is -1.44. The summed E-state index contributed by atoms with van der Waals surface area (Å²) in [4.78, 5) is 0. The van der Waals surface area contributed by atoms with Gasteiger partial charge in [-0.05, 0) is 41.3 Å². The van der Waals surface area contributed by atoms with Crippen molar-refractivity contribution in [1.29, 1.82) is 0 Å². The van der Waals surface area contributed by atoms with Crippen LogP contribution in [0, 0.1) is 11.8 Å². The van der Waals surface area contributed by atoms with E-state index < -0.39 is 37.1 Å². The fourth-order valence-corrected chi connectivity index (χ4v) is 3.62. The quantitative estimate of drug-likeness (QED) is 0.415. The van der Waals surface area contributed by atoms with E-state index in [1.54, 1.807) is 18.2 Å². The Morgan fingerprint density at radius 3 is 2.35 bits per heavy atom. The lowest BCUT2D eigenvalue weighted by Crippen LogP contribution is -2.55. The van der Waals surface area contributed by atoms with E-state index in [9.17, 15) is 20.4 Å². The number of hydrogen-bond acceptors (Lipinski definition) is 7. The number of hydrogen-bond donors (Lipinski definition) is 5. The molecule has 3 rings (SSSR count). The van der Waals surface area contributed by atoms with E-state index in [0.29, 0.717) is 22.8 Å². The maximum Gasteiger partial charge on any atom is 0.149 e. The van der Waals surface area contributed by atoms with Gasteiger partial charge < -0.3 is 35.0 Å². The van der Waals surface area contributed by atoms with Crippen molar-refractivity contribution in [2.45, 2.75) is 36.9 Å². The van der Waals surface area contributed by atoms with E-state index in [-0.39, 0.29) is 13.2 Å². The molecule has 166 valence electrons. The SMILES string of the molecule is OCC#CCOc1ccc(Cc2cc([C@@H]3O[C@H](CO)[C@@H](O)[C@H](O)[C@H]3O)ccc2Cl)cc1. The zero-order chi connectivity index (χ0) is 22.4. The molecule has 1 aliphatic rings. The van der Waals surface area contributed by atoms with E-state index in [4.69, 9.17) is 26.2 Å². The highest BCUT2D eigenvalue weighted by atomic mass is 35.5. The summed E-state index contributed by atoms with van der Waals surface area (Å²) < 4.78 is 11.1. The Morgan fingerprint density at radius 2 is 1.68 bits per heavy atom. The van der Waals surface area contributed by atoms with Crippen LogP contribution in [0.1, 0.15) is 22.8 Å². The van der Waals surface area contributed by atoms with Crippen molar-refractivity contribution < 1.29 is 35.0 Å². The van der Waals surface area contributed by atoms with E-state index in [1.807, 2.05) is 24.3 Å². The van der Waals surface area contributed by atoms with Crippen LogP contribution in [0.2, 0.25) is 5.02 Å². The van der Waals surface area contributed by atoms with Crippen LogP contribution in [0.3, 0.4) is 0 Å². The van der Waals surface area contributed by atoms with Crippen LogP contribution in [0.5, 0.6) is 5.75 Å². The third kappa shape index (κ3) is 5.76. The topological polar surface area (TPSA) is 120 Å². The van der Waals surface area contributed by atoms with E-state index in [0.717, 1.165) is 11.1 Å². The number of halogens is 1. The highest BCUT2D eigenvalue weighted by Gasteiger charge is 2.43. The second-order valence-electron chi connectivity index (χ2n) is 7.22. The summed E-state index contributed by atoms with van der Waals surface area (Å²) in [7, 11) is 0. The molecule has 0 bridgehead atoms. The fourth-order valence-electron chi connectivity index (χ4n) is 3.43. The first kappa shape index (κ1) is 23.5. The number of benzene rings is 2. The number of aliphatic hydroxyl groups excluding tert-OH is 5. The van der Waals surface area contributed by atoms with Crippen LogP contribution < -0.4 is 4.74 Å². The normalized spacial score (nSPS) is 25.5. The van der Waals surface area contributed by atoms with Gasteiger partial charge in [0.15, 0.2) is 0 Å². The highest BCUT2D eigenvalue weighted by Crippen LogP contribution is 2.34. The van der Waals surface area contributed by atoms with Gasteiger partial charge in [0.25, 0.3) is 0 Å². The second-order valence-corrected chi connectivity index (χ2v) is 7.63. The molecule has 2 aromatic rings. The summed E-state index contributed by atoms with van der Waals surface area (Å²) in [5.74, 6) is 5.84. The molecule has 1 heterocycles. The van der Waals surface area contributed by atoms with Gasteiger partial charge in [-0.3, -0.25) is 0 Å². The van der Waals surface area contributed by atoms with Crippen molar-refractivity contribution in [2.24, 2.45) is 0 Å². The minimum absolute atomic E-state index is 0.187. The standard InChI is InChI=1S/C23H25ClO7/c24-18-8-5-15(23-22(29)21(28)20(27)19(13-26)31-23)12-16(18)11-14-3-6-17(7-4-14)30-10-2-1-9-25/h3-8,12,19-23,25-29H,9-11,13H2/t19-,20-,21+,22-,23+/m1/s1. The molecule has 1 fully saturated rings. The summed E-state index contributed by atoms with van der Waals surface area (Å²) >= 11 is 6.37. The highest BCUT2D eigenvalue weighted by molar-refractivity contribution is 6.31. The van der Waals surface area contributed by atoms with Crippen LogP contribution in [0.4, 0.5) is 0 Å². The lowest BCUT2D eigenvalue weighted by molar-refractivity contribution is -0.231. The smallest absolute Gasteiger partial charge is 0.149 e. The summed E-state index contributed by atoms with van der Waals surface area (Å²) in [5, 5.41) is 49.0. The molecule has 0 aliphatic carbocycles. The van der Waals surface area contributed by atoms with Gasteiger partial charge in [0.05, 0.1) is 6.61 Å². The third-order valence-electron chi connectivity index (χ3n) is 5.12. The van der Waals surface area contributed by atoms with Crippen LogP contribution in [-0.4, -0.2) is 69.8 Å². The molecule has 0 saturated carbocycles. The maximum atomic E-state index is 10.4. The molecule has 1 aliphatic heterocycles. The fraction of sp³-hybridized carbons (Fsp3) is 0.391. The molecule has 31 heavy (non-hydrogen) atoms. The second kappa shape index (κ2) is 10.9. The Bertz CT molecular complexity index is 920. The first-order valence-electron chi connectivity index (χ1n) is 9.81. The predicted octanol–water partition coefficient (Wildman–Crippen LogP) is 0.820. The molecule has 0 unspecified atom stereocenters. The van der Waals surface area contributed by atoms with E-state index >= 15 is 0 Å². The molecular weight excluding hydrogens is 424 g/mol. The average molecular weight is 449 g/mol. The molecule has 7 nitrogen and oxygen atoms in total. The van der Waals surface area contributed by atoms with Crippen molar-refractivity contribution in [3.05, 3.63) is 64.2 Å². The van der Waals surface area contributed by atoms with Gasteiger partial charge in [0.1, 0.15) is 49.5 Å². The average Bonchev–Trinajstić information content (AvgIpc) is 2.78. The largest absolute Gasteiger partial charge is 0.481 e. The summed E-state index contributed by atoms with van der Waals surface area (Å²) in [6, 6.07) is 12.6. The molecule has 5 atom stereocenters. The first-order chi connectivity index (χ1) is 14.9. The third-order valence-corrected chi connectivity index (χ3v) is 5.49. The minimum Gasteiger partial charge on any atom is -0.481 e. The Labute approximate surface area is 185 Å². The summed E-state index contributed by atoms with van der Waals surface area (Å²) in [6.45, 7) is -0.500. The predicted molar refractivity (Wildman–Crippen MR) is 114 cm³/mol. The van der Waals surface area contributed by atoms with Gasteiger partial charge in [0.2, 0.25) is 0 Å². The summed E-state index contributed by atoms with van der Waals surface area (Å²) in [5.41, 5.74) is 2.35. The van der Waals surface area contributed by atoms with Crippen LogP contribution in [-0.2, 0) is 11.2 Å². The van der Waals surface area contributed by atoms with Gasteiger partial charge in [0, 0.05) is 5.02 Å². The van der Waals surface area contributed by atoms with Gasteiger partial charge in [-0.2, -0.15) is 0 Å². The molecule has 5 N–H and O–H groups in total. The Balaban J connectivity index is 1.74. The molecule has 0 amide bonds. The zero-order valence-corrected chi connectivity index (χ0v) is 17.4. The van der Waals surface area contributed by atoms with Gasteiger partial charge in [-0.1, -0.05) is 47.7 Å². The molecule has 0 radical (unpaired) electrons. The van der Waals surface area contributed by atoms with Crippen molar-refractivity contribution in [2.75, 3.05) is 19.8 Å². The molecule has 2 aromatic carbocycles. The molecule has 8 heteroatoms. The van der Waals surface area contributed by atoms with Crippen molar-refractivity contribution >= 4 is 11.6 Å². The number of ether oxygens (including phenoxy) is 2. The molecule has 0 aromatic heterocycles. The van der Waals surface area contributed by atoms with Crippen LogP contribution in [0.25, 0.3) is 0 Å². The van der Waals surface area contributed by atoms with Crippen LogP contribution in [0.15, 0.2) is 42.5 Å². The first-order valence-corrected chi connectivity index (χ1v) is 10.2. The lowest BCUT2D eigenvalue weighted by Gasteiger charge is -2.40. The van der Waals surface area contributed by atoms with E-state index in [2.05, 4.69) is 11.8 Å². The molecule has 1 saturated heterocycles. The maximum absolute atomic E-state index is 10.4. The van der Waals surface area contributed by atoms with Gasteiger partial charge >= 0.3 is 0 Å². The summed E-state index contributed by atoms with van der Waals surface area (Å²) in [6.07, 6.45) is -5.57. The van der Waals surface area contributed by atoms with E-state index in [1.165, 1.54) is 0 Å². The molecule has 0 spiro atoms.